The molecule has 3 amide bonds. The molecule has 61 heavy (non-hydrogen) atoms. The molecule has 5 heterocycles. The minimum atomic E-state index is -1.40. The molecule has 3 saturated heterocycles. The number of benzene rings is 2. The van der Waals surface area contributed by atoms with E-state index in [0.29, 0.717) is 86.1 Å². The van der Waals surface area contributed by atoms with Crippen LogP contribution in [-0.4, -0.2) is 92.2 Å². The molecule has 16 heteroatoms. The molecule has 2 aromatic heterocycles. The quantitative estimate of drug-likeness (QED) is 0.134. The lowest BCUT2D eigenvalue weighted by atomic mass is 9.89. The normalized spacial score (nSPS) is 19.7. The largest absolute Gasteiger partial charge is 0.380 e. The summed E-state index contributed by atoms with van der Waals surface area (Å²) < 4.78 is 30.8. The summed E-state index contributed by atoms with van der Waals surface area (Å²) in [7, 11) is 0. The number of carbonyl (C=O) groups excluding carboxylic acids is 3. The van der Waals surface area contributed by atoms with Crippen LogP contribution in [0.4, 0.5) is 26.1 Å². The zero-order valence-electron chi connectivity index (χ0n) is 34.9. The van der Waals surface area contributed by atoms with Gasteiger partial charge in [-0.05, 0) is 81.3 Å². The highest BCUT2D eigenvalue weighted by Gasteiger charge is 2.40. The van der Waals surface area contributed by atoms with Crippen LogP contribution in [0.1, 0.15) is 84.5 Å². The van der Waals surface area contributed by atoms with Crippen LogP contribution in [0, 0.1) is 11.6 Å². The Labute approximate surface area is 354 Å². The number of halogens is 2. The third kappa shape index (κ3) is 11.4. The molecule has 4 fully saturated rings. The fraction of sp³-hybridized carbons (Fsp3) is 0.467. The number of nitrogens with two attached hydrogens (primary N) is 1. The Hall–Kier alpha value is -5.74. The number of likely N-dealkylation sites (tertiary alicyclic amines) is 1. The Kier molecular flexibility index (Phi) is 15.2. The molecule has 6 N–H and O–H groups in total. The number of primary amides is 1. The SMILES string of the molecule is CC.NC(=O)C1(O)CCN(C2CCN(c3ccc(NC4CCC(=O)NC4=O)cc3F)CC2)CC1.O=c1ccccn1-c1cccc(-c2nc(NC3CCCCC3)ncc2F)c1. The van der Waals surface area contributed by atoms with Crippen LogP contribution < -0.4 is 32.1 Å². The lowest BCUT2D eigenvalue weighted by Gasteiger charge is -2.43. The van der Waals surface area contributed by atoms with Crippen molar-refractivity contribution in [1.29, 1.82) is 0 Å². The average molecular weight is 842 g/mol. The van der Waals surface area contributed by atoms with E-state index in [1.807, 2.05) is 24.8 Å². The number of aliphatic hydroxyl groups is 1. The molecular formula is C45H57F2N9O5. The number of nitrogens with one attached hydrogen (secondary N) is 3. The highest BCUT2D eigenvalue weighted by atomic mass is 19.1. The molecule has 1 aliphatic carbocycles. The highest BCUT2D eigenvalue weighted by molar-refractivity contribution is 6.01. The van der Waals surface area contributed by atoms with E-state index in [9.17, 15) is 33.1 Å². The van der Waals surface area contributed by atoms with Gasteiger partial charge in [0.15, 0.2) is 5.82 Å². The van der Waals surface area contributed by atoms with E-state index in [1.165, 1.54) is 42.2 Å². The number of pyridine rings is 1. The van der Waals surface area contributed by atoms with Crippen LogP contribution in [0.5, 0.6) is 0 Å². The van der Waals surface area contributed by atoms with Crippen LogP contribution in [-0.2, 0) is 14.4 Å². The maximum absolute atomic E-state index is 14.8. The fourth-order valence-electron chi connectivity index (χ4n) is 8.38. The number of carbonyl (C=O) groups is 3. The van der Waals surface area contributed by atoms with Crippen molar-refractivity contribution < 1.29 is 28.3 Å². The Morgan fingerprint density at radius 2 is 1.61 bits per heavy atom. The Morgan fingerprint density at radius 3 is 2.28 bits per heavy atom. The number of anilines is 3. The van der Waals surface area contributed by atoms with Crippen molar-refractivity contribution in [3.8, 4) is 16.9 Å². The average Bonchev–Trinajstić information content (AvgIpc) is 3.27. The number of nitrogens with zero attached hydrogens (tertiary/aromatic N) is 5. The predicted octanol–water partition coefficient (Wildman–Crippen LogP) is 5.53. The number of imide groups is 1. The predicted molar refractivity (Wildman–Crippen MR) is 231 cm³/mol. The van der Waals surface area contributed by atoms with Crippen LogP contribution >= 0.6 is 0 Å². The lowest BCUT2D eigenvalue weighted by molar-refractivity contribution is -0.142. The zero-order chi connectivity index (χ0) is 43.5. The van der Waals surface area contributed by atoms with E-state index in [-0.39, 0.29) is 35.3 Å². The highest BCUT2D eigenvalue weighted by Crippen LogP contribution is 2.31. The van der Waals surface area contributed by atoms with E-state index in [2.05, 4.69) is 30.8 Å². The molecule has 4 aromatic rings. The van der Waals surface area contributed by atoms with E-state index < -0.39 is 23.4 Å². The number of hydrogen-bond donors (Lipinski definition) is 5. The second kappa shape index (κ2) is 20.7. The van der Waals surface area contributed by atoms with Gasteiger partial charge in [-0.15, -0.1) is 0 Å². The zero-order valence-corrected chi connectivity index (χ0v) is 34.9. The van der Waals surface area contributed by atoms with Gasteiger partial charge in [0.2, 0.25) is 23.7 Å². The van der Waals surface area contributed by atoms with Gasteiger partial charge >= 0.3 is 0 Å². The maximum Gasteiger partial charge on any atom is 0.255 e. The molecule has 326 valence electrons. The minimum Gasteiger partial charge on any atom is -0.380 e. The van der Waals surface area contributed by atoms with Crippen LogP contribution in [0.3, 0.4) is 0 Å². The van der Waals surface area contributed by atoms with E-state index in [1.54, 1.807) is 48.7 Å². The van der Waals surface area contributed by atoms with Gasteiger partial charge in [0, 0.05) is 73.9 Å². The van der Waals surface area contributed by atoms with Gasteiger partial charge in [0.25, 0.3) is 5.56 Å². The number of aromatic nitrogens is 3. The number of amides is 3. The van der Waals surface area contributed by atoms with Gasteiger partial charge in [0.1, 0.15) is 23.2 Å². The molecule has 4 aliphatic rings. The summed E-state index contributed by atoms with van der Waals surface area (Å²) in [6.07, 6.45) is 11.8. The summed E-state index contributed by atoms with van der Waals surface area (Å²) in [4.78, 5) is 59.5. The number of rotatable bonds is 9. The Balaban J connectivity index is 0.000000199. The van der Waals surface area contributed by atoms with Crippen molar-refractivity contribution in [3.63, 3.8) is 0 Å². The summed E-state index contributed by atoms with van der Waals surface area (Å²) in [5, 5.41) is 18.9. The van der Waals surface area contributed by atoms with Crippen molar-refractivity contribution in [1.82, 2.24) is 24.8 Å². The summed E-state index contributed by atoms with van der Waals surface area (Å²) in [6, 6.07) is 17.1. The first-order chi connectivity index (χ1) is 29.5. The van der Waals surface area contributed by atoms with Gasteiger partial charge in [-0.2, -0.15) is 0 Å². The second-order valence-electron chi connectivity index (χ2n) is 15.8. The lowest BCUT2D eigenvalue weighted by Crippen LogP contribution is -2.55. The minimum absolute atomic E-state index is 0.141. The summed E-state index contributed by atoms with van der Waals surface area (Å²) >= 11 is 0. The molecule has 8 rings (SSSR count). The third-order valence-electron chi connectivity index (χ3n) is 11.8. The van der Waals surface area contributed by atoms with Crippen molar-refractivity contribution in [2.45, 2.75) is 108 Å². The molecule has 1 unspecified atom stereocenters. The first kappa shape index (κ1) is 44.8. The Morgan fingerprint density at radius 1 is 0.869 bits per heavy atom. The Bertz CT molecular complexity index is 2200. The monoisotopic (exact) mass is 841 g/mol. The number of hydrogen-bond acceptors (Lipinski definition) is 11. The first-order valence-corrected chi connectivity index (χ1v) is 21.4. The van der Waals surface area contributed by atoms with Crippen molar-refractivity contribution >= 4 is 35.0 Å². The van der Waals surface area contributed by atoms with E-state index >= 15 is 0 Å². The first-order valence-electron chi connectivity index (χ1n) is 21.4. The maximum atomic E-state index is 14.8. The van der Waals surface area contributed by atoms with Gasteiger partial charge < -0.3 is 31.3 Å². The smallest absolute Gasteiger partial charge is 0.255 e. The van der Waals surface area contributed by atoms with Crippen molar-refractivity contribution in [2.24, 2.45) is 5.73 Å². The standard InChI is InChI=1S/C22H30FN5O4.C21H21FN4O.C2H6/c23-16-13-14(25-17-2-4-19(29)26-20(17)30)1-3-18(16)28-9-5-15(6-10-28)27-11-7-22(32,8-12-27)21(24)31;22-18-14-23-21(24-16-8-2-1-3-9-16)25-20(18)15-7-6-10-17(13-15)26-12-5-4-11-19(26)27;1-2/h1,3,13,15,17,25,32H,2,4-12H2,(H2,24,31)(H,26,29,30);4-7,10-14,16H,1-3,8-9H2,(H,23,24,25);1-2H3. The molecular weight excluding hydrogens is 785 g/mol. The second-order valence-corrected chi connectivity index (χ2v) is 15.8. The summed E-state index contributed by atoms with van der Waals surface area (Å²) in [5.41, 5.74) is 6.30. The van der Waals surface area contributed by atoms with E-state index in [0.717, 1.165) is 25.7 Å². The van der Waals surface area contributed by atoms with Gasteiger partial charge in [-0.1, -0.05) is 51.3 Å². The number of piperidine rings is 3. The van der Waals surface area contributed by atoms with Gasteiger partial charge in [-0.25, -0.2) is 18.7 Å². The molecule has 2 aromatic carbocycles. The molecule has 0 bridgehead atoms. The summed E-state index contributed by atoms with van der Waals surface area (Å²) in [6.45, 7) is 6.66. The molecule has 3 aliphatic heterocycles. The fourth-order valence-corrected chi connectivity index (χ4v) is 8.38. The van der Waals surface area contributed by atoms with E-state index in [4.69, 9.17) is 5.73 Å². The molecule has 1 atom stereocenters. The summed E-state index contributed by atoms with van der Waals surface area (Å²) in [5.74, 6) is -1.73. The van der Waals surface area contributed by atoms with Crippen molar-refractivity contribution in [3.05, 3.63) is 95.0 Å². The van der Waals surface area contributed by atoms with Gasteiger partial charge in [0.05, 0.1) is 11.9 Å². The van der Waals surface area contributed by atoms with Crippen LogP contribution in [0.25, 0.3) is 16.9 Å². The molecule has 0 radical (unpaired) electrons. The van der Waals surface area contributed by atoms with Crippen molar-refractivity contribution in [2.75, 3.05) is 41.7 Å². The van der Waals surface area contributed by atoms with Crippen LogP contribution in [0.15, 0.2) is 77.9 Å². The topological polar surface area (TPSA) is 188 Å². The third-order valence-corrected chi connectivity index (χ3v) is 11.8. The van der Waals surface area contributed by atoms with Crippen LogP contribution in [0.2, 0.25) is 0 Å². The van der Waals surface area contributed by atoms with Gasteiger partial charge in [-0.3, -0.25) is 29.1 Å². The molecule has 0 spiro atoms. The molecule has 14 nitrogen and oxygen atoms in total. The molecule has 1 saturated carbocycles.